The van der Waals surface area contributed by atoms with E-state index in [2.05, 4.69) is 10.4 Å². The van der Waals surface area contributed by atoms with Crippen LogP contribution in [0.2, 0.25) is 0 Å². The molecule has 6 heteroatoms. The number of aromatic hydroxyl groups is 1. The number of aliphatic hydroxyl groups is 1. The predicted octanol–water partition coefficient (Wildman–Crippen LogP) is 1.92. The van der Waals surface area contributed by atoms with Gasteiger partial charge in [0.05, 0.1) is 18.3 Å². The third-order valence-corrected chi connectivity index (χ3v) is 4.07. The number of nitrogens with one attached hydrogen (secondary N) is 1. The number of aryl methyl sites for hydroxylation is 1. The number of phenolic OH excluding ortho intramolecular Hbond substituents is 1. The zero-order valence-corrected chi connectivity index (χ0v) is 13.5. The first-order valence-corrected chi connectivity index (χ1v) is 7.59. The predicted molar refractivity (Wildman–Crippen MR) is 90.7 cm³/mol. The van der Waals surface area contributed by atoms with Gasteiger partial charge in [-0.05, 0) is 18.4 Å². The van der Waals surface area contributed by atoms with Crippen LogP contribution in [0, 0.1) is 0 Å². The van der Waals surface area contributed by atoms with Gasteiger partial charge in [0, 0.05) is 24.2 Å². The van der Waals surface area contributed by atoms with Crippen molar-refractivity contribution in [3.8, 4) is 5.75 Å². The second-order valence-corrected chi connectivity index (χ2v) is 6.04. The van der Waals surface area contributed by atoms with Crippen molar-refractivity contribution < 1.29 is 15.0 Å². The largest absolute Gasteiger partial charge is 0.506 e. The highest BCUT2D eigenvalue weighted by atomic mass is 16.3. The summed E-state index contributed by atoms with van der Waals surface area (Å²) in [4.78, 5) is 12.4. The Kier molecular flexibility index (Phi) is 3.99. The van der Waals surface area contributed by atoms with Crippen LogP contribution >= 0.6 is 0 Å². The number of benzene rings is 2. The lowest BCUT2D eigenvalue weighted by molar-refractivity contribution is 0.0525. The summed E-state index contributed by atoms with van der Waals surface area (Å²) in [6.07, 6.45) is 3.25. The van der Waals surface area contributed by atoms with Gasteiger partial charge in [-0.15, -0.1) is 0 Å². The van der Waals surface area contributed by atoms with E-state index in [9.17, 15) is 15.0 Å². The number of carbonyl (C=O) groups is 1. The second-order valence-electron chi connectivity index (χ2n) is 6.04. The quantitative estimate of drug-likeness (QED) is 0.684. The zero-order chi connectivity index (χ0) is 17.3. The lowest BCUT2D eigenvalue weighted by atomic mass is 9.99. The van der Waals surface area contributed by atoms with Gasteiger partial charge in [-0.25, -0.2) is 0 Å². The number of hydrogen-bond acceptors (Lipinski definition) is 4. The molecule has 0 radical (unpaired) electrons. The zero-order valence-electron chi connectivity index (χ0n) is 13.5. The molecule has 0 bridgehead atoms. The van der Waals surface area contributed by atoms with E-state index < -0.39 is 11.5 Å². The van der Waals surface area contributed by atoms with Gasteiger partial charge < -0.3 is 15.5 Å². The summed E-state index contributed by atoms with van der Waals surface area (Å²) in [6.45, 7) is 1.61. The van der Waals surface area contributed by atoms with Gasteiger partial charge in [0.15, 0.2) is 0 Å². The van der Waals surface area contributed by atoms with Gasteiger partial charge in [-0.3, -0.25) is 9.48 Å². The van der Waals surface area contributed by atoms with E-state index in [4.69, 9.17) is 0 Å². The summed E-state index contributed by atoms with van der Waals surface area (Å²) in [6, 6.07) is 10.6. The van der Waals surface area contributed by atoms with Crippen molar-refractivity contribution in [2.24, 2.45) is 7.05 Å². The molecular formula is C18H19N3O3. The maximum absolute atomic E-state index is 12.4. The molecule has 1 aromatic heterocycles. The highest BCUT2D eigenvalue weighted by Crippen LogP contribution is 2.28. The molecule has 3 rings (SSSR count). The van der Waals surface area contributed by atoms with Crippen LogP contribution in [0.4, 0.5) is 0 Å². The maximum Gasteiger partial charge on any atom is 0.255 e. The molecule has 0 aliphatic carbocycles. The minimum Gasteiger partial charge on any atom is -0.506 e. The Bertz CT molecular complexity index is 899. The molecule has 0 aliphatic heterocycles. The summed E-state index contributed by atoms with van der Waals surface area (Å²) in [5.41, 5.74) is -0.472. The van der Waals surface area contributed by atoms with Crippen molar-refractivity contribution in [3.63, 3.8) is 0 Å². The Balaban J connectivity index is 1.79. The van der Waals surface area contributed by atoms with Crippen LogP contribution in [-0.2, 0) is 12.6 Å². The van der Waals surface area contributed by atoms with E-state index in [0.717, 1.165) is 5.39 Å². The molecule has 1 atom stereocenters. The van der Waals surface area contributed by atoms with Gasteiger partial charge in [0.2, 0.25) is 0 Å². The van der Waals surface area contributed by atoms with E-state index in [-0.39, 0.29) is 17.9 Å². The number of rotatable bonds is 4. The molecule has 1 amide bonds. The van der Waals surface area contributed by atoms with Crippen molar-refractivity contribution in [3.05, 3.63) is 59.9 Å². The molecular weight excluding hydrogens is 306 g/mol. The van der Waals surface area contributed by atoms with Crippen LogP contribution in [-0.4, -0.2) is 32.4 Å². The van der Waals surface area contributed by atoms with Gasteiger partial charge in [-0.2, -0.15) is 5.10 Å². The highest BCUT2D eigenvalue weighted by Gasteiger charge is 2.26. The lowest BCUT2D eigenvalue weighted by Gasteiger charge is -2.22. The number of nitrogens with zero attached hydrogens (tertiary/aromatic N) is 2. The van der Waals surface area contributed by atoms with Crippen molar-refractivity contribution in [2.45, 2.75) is 12.5 Å². The number of aromatic nitrogens is 2. The molecule has 3 N–H and O–H groups in total. The van der Waals surface area contributed by atoms with Crippen LogP contribution in [0.3, 0.4) is 0 Å². The normalized spacial score (nSPS) is 13.6. The van der Waals surface area contributed by atoms with E-state index in [1.807, 2.05) is 12.1 Å². The molecule has 2 aromatic carbocycles. The molecule has 6 nitrogen and oxygen atoms in total. The van der Waals surface area contributed by atoms with Crippen molar-refractivity contribution in [1.82, 2.24) is 15.1 Å². The number of hydrogen-bond donors (Lipinski definition) is 3. The Morgan fingerprint density at radius 2 is 2.04 bits per heavy atom. The Morgan fingerprint density at radius 3 is 2.75 bits per heavy atom. The Labute approximate surface area is 139 Å². The highest BCUT2D eigenvalue weighted by molar-refractivity contribution is 6.03. The minimum atomic E-state index is -1.25. The smallest absolute Gasteiger partial charge is 0.255 e. The number of fused-ring (bicyclic) bond motifs is 1. The topological polar surface area (TPSA) is 87.4 Å². The second kappa shape index (κ2) is 5.98. The lowest BCUT2D eigenvalue weighted by Crippen LogP contribution is -2.38. The minimum absolute atomic E-state index is 0.00376. The summed E-state index contributed by atoms with van der Waals surface area (Å²) in [5, 5.41) is 29.0. The van der Waals surface area contributed by atoms with E-state index in [1.54, 1.807) is 55.3 Å². The monoisotopic (exact) mass is 325 g/mol. The van der Waals surface area contributed by atoms with E-state index >= 15 is 0 Å². The molecule has 24 heavy (non-hydrogen) atoms. The first-order chi connectivity index (χ1) is 11.4. The van der Waals surface area contributed by atoms with Crippen LogP contribution in [0.25, 0.3) is 10.8 Å². The van der Waals surface area contributed by atoms with E-state index in [0.29, 0.717) is 10.9 Å². The standard InChI is InChI=1S/C18H19N3O3/c1-18(24,13-9-20-21(2)10-13)11-19-17(23)15-8-7-12-5-3-4-6-14(12)16(15)22/h3-10,22,24H,11H2,1-2H3,(H,19,23). The van der Waals surface area contributed by atoms with Gasteiger partial charge in [-0.1, -0.05) is 30.3 Å². The molecule has 0 saturated heterocycles. The van der Waals surface area contributed by atoms with Crippen LogP contribution in [0.1, 0.15) is 22.8 Å². The average molecular weight is 325 g/mol. The van der Waals surface area contributed by atoms with Crippen LogP contribution in [0.15, 0.2) is 48.8 Å². The summed E-state index contributed by atoms with van der Waals surface area (Å²) >= 11 is 0. The first-order valence-electron chi connectivity index (χ1n) is 7.59. The molecule has 1 unspecified atom stereocenters. The fraction of sp³-hybridized carbons (Fsp3) is 0.222. The number of carbonyl (C=O) groups excluding carboxylic acids is 1. The fourth-order valence-corrected chi connectivity index (χ4v) is 2.59. The molecule has 0 fully saturated rings. The van der Waals surface area contributed by atoms with Gasteiger partial charge in [0.25, 0.3) is 5.91 Å². The molecule has 0 spiro atoms. The average Bonchev–Trinajstić information content (AvgIpc) is 3.01. The first kappa shape index (κ1) is 16.0. The SMILES string of the molecule is Cn1cc(C(C)(O)CNC(=O)c2ccc3ccccc3c2O)cn1. The molecule has 3 aromatic rings. The Morgan fingerprint density at radius 1 is 1.29 bits per heavy atom. The molecule has 124 valence electrons. The molecule has 0 aliphatic rings. The summed E-state index contributed by atoms with van der Waals surface area (Å²) < 4.78 is 1.58. The van der Waals surface area contributed by atoms with E-state index in [1.165, 1.54) is 0 Å². The summed E-state index contributed by atoms with van der Waals surface area (Å²) in [7, 11) is 1.76. The number of phenols is 1. The number of amides is 1. The fourth-order valence-electron chi connectivity index (χ4n) is 2.59. The maximum atomic E-state index is 12.4. The molecule has 1 heterocycles. The third-order valence-electron chi connectivity index (χ3n) is 4.07. The summed E-state index contributed by atoms with van der Waals surface area (Å²) in [5.74, 6) is -0.506. The van der Waals surface area contributed by atoms with Gasteiger partial charge in [0.1, 0.15) is 11.4 Å². The van der Waals surface area contributed by atoms with Crippen molar-refractivity contribution in [2.75, 3.05) is 6.54 Å². The van der Waals surface area contributed by atoms with Crippen LogP contribution in [0.5, 0.6) is 5.75 Å². The van der Waals surface area contributed by atoms with Crippen molar-refractivity contribution in [1.29, 1.82) is 0 Å². The van der Waals surface area contributed by atoms with Gasteiger partial charge >= 0.3 is 0 Å². The van der Waals surface area contributed by atoms with Crippen LogP contribution < -0.4 is 5.32 Å². The molecule has 0 saturated carbocycles. The van der Waals surface area contributed by atoms with Crippen molar-refractivity contribution >= 4 is 16.7 Å². The third kappa shape index (κ3) is 2.96. The Hall–Kier alpha value is -2.86.